The van der Waals surface area contributed by atoms with Gasteiger partial charge in [0.25, 0.3) is 0 Å². The number of hydrogen-bond donors (Lipinski definition) is 2. The van der Waals surface area contributed by atoms with E-state index in [2.05, 4.69) is 10.3 Å². The Bertz CT molecular complexity index is 489. The molecule has 7 heteroatoms. The van der Waals surface area contributed by atoms with Gasteiger partial charge in [-0.2, -0.15) is 0 Å². The maximum Gasteiger partial charge on any atom is 0.350 e. The molecule has 1 heterocycles. The molecule has 0 radical (unpaired) electrons. The van der Waals surface area contributed by atoms with E-state index in [1.807, 2.05) is 20.8 Å². The predicted molar refractivity (Wildman–Crippen MR) is 74.4 cm³/mol. The summed E-state index contributed by atoms with van der Waals surface area (Å²) < 4.78 is 4.73. The van der Waals surface area contributed by atoms with Crippen LogP contribution < -0.4 is 11.1 Å². The van der Waals surface area contributed by atoms with Gasteiger partial charge in [0, 0.05) is 5.41 Å². The number of nitrogens with zero attached hydrogens (tertiary/aromatic N) is 1. The second-order valence-corrected chi connectivity index (χ2v) is 6.22. The normalized spacial score (nSPS) is 12.9. The molecule has 1 atom stereocenters. The summed E-state index contributed by atoms with van der Waals surface area (Å²) in [5.74, 6) is -0.797. The molecule has 3 N–H and O–H groups in total. The Morgan fingerprint density at radius 1 is 1.42 bits per heavy atom. The quantitative estimate of drug-likeness (QED) is 0.821. The van der Waals surface area contributed by atoms with Crippen LogP contribution in [-0.2, 0) is 14.9 Å². The highest BCUT2D eigenvalue weighted by Crippen LogP contribution is 2.32. The number of amides is 1. The molecule has 1 aromatic heterocycles. The third-order valence-electron chi connectivity index (χ3n) is 2.35. The van der Waals surface area contributed by atoms with E-state index >= 15 is 0 Å². The standard InChI is InChI=1S/C12H19N3O3S/c1-6(13)9(16)15-11-14-8(12(2,3)4)7(19-11)10(17)18-5/h6H,13H2,1-5H3,(H,14,15,16)/t6-/m1/s1. The number of nitrogens with one attached hydrogen (secondary N) is 1. The average Bonchev–Trinajstić information content (AvgIpc) is 2.71. The SMILES string of the molecule is COC(=O)c1sc(NC(=O)[C@@H](C)N)nc1C(C)(C)C. The Labute approximate surface area is 116 Å². The monoisotopic (exact) mass is 285 g/mol. The fourth-order valence-electron chi connectivity index (χ4n) is 1.33. The predicted octanol–water partition coefficient (Wildman–Crippen LogP) is 1.51. The lowest BCUT2D eigenvalue weighted by Gasteiger charge is -2.16. The van der Waals surface area contributed by atoms with Gasteiger partial charge < -0.3 is 15.8 Å². The van der Waals surface area contributed by atoms with Gasteiger partial charge in [-0.1, -0.05) is 32.1 Å². The number of rotatable bonds is 3. The fourth-order valence-corrected chi connectivity index (χ4v) is 2.43. The Hall–Kier alpha value is -1.47. The molecule has 0 bridgehead atoms. The highest BCUT2D eigenvalue weighted by atomic mass is 32.1. The molecule has 6 nitrogen and oxygen atoms in total. The number of anilines is 1. The molecule has 0 fully saturated rings. The van der Waals surface area contributed by atoms with Crippen molar-refractivity contribution in [2.24, 2.45) is 5.73 Å². The van der Waals surface area contributed by atoms with Gasteiger partial charge in [0.15, 0.2) is 5.13 Å². The maximum atomic E-state index is 11.7. The first-order chi connectivity index (χ1) is 8.66. The molecule has 0 saturated heterocycles. The zero-order chi connectivity index (χ0) is 14.8. The van der Waals surface area contributed by atoms with E-state index in [0.29, 0.717) is 15.7 Å². The number of ether oxygens (including phenoxy) is 1. The topological polar surface area (TPSA) is 94.3 Å². The molecule has 0 spiro atoms. The Morgan fingerprint density at radius 2 is 2.00 bits per heavy atom. The van der Waals surface area contributed by atoms with E-state index in [0.717, 1.165) is 11.3 Å². The summed E-state index contributed by atoms with van der Waals surface area (Å²) in [6.45, 7) is 7.39. The molecular weight excluding hydrogens is 266 g/mol. The first kappa shape index (κ1) is 15.6. The van der Waals surface area contributed by atoms with Gasteiger partial charge in [-0.25, -0.2) is 9.78 Å². The number of hydrogen-bond acceptors (Lipinski definition) is 6. The Kier molecular flexibility index (Phi) is 4.65. The summed E-state index contributed by atoms with van der Waals surface area (Å²) >= 11 is 1.09. The molecule has 1 amide bonds. The number of nitrogens with two attached hydrogens (primary N) is 1. The van der Waals surface area contributed by atoms with Gasteiger partial charge in [-0.15, -0.1) is 0 Å². The second-order valence-electron chi connectivity index (χ2n) is 5.22. The molecule has 0 saturated carbocycles. The lowest BCUT2D eigenvalue weighted by molar-refractivity contribution is -0.117. The first-order valence-electron chi connectivity index (χ1n) is 5.83. The van der Waals surface area contributed by atoms with Gasteiger partial charge in [-0.05, 0) is 6.92 Å². The lowest BCUT2D eigenvalue weighted by Crippen LogP contribution is -2.32. The van der Waals surface area contributed by atoms with Crippen molar-refractivity contribution in [3.8, 4) is 0 Å². The van der Waals surface area contributed by atoms with Crippen LogP contribution in [0.25, 0.3) is 0 Å². The van der Waals surface area contributed by atoms with Crippen LogP contribution in [0.15, 0.2) is 0 Å². The van der Waals surface area contributed by atoms with Gasteiger partial charge in [-0.3, -0.25) is 4.79 Å². The minimum atomic E-state index is -0.636. The fraction of sp³-hybridized carbons (Fsp3) is 0.583. The smallest absolute Gasteiger partial charge is 0.350 e. The molecule has 106 valence electrons. The van der Waals surface area contributed by atoms with Crippen molar-refractivity contribution in [3.05, 3.63) is 10.6 Å². The van der Waals surface area contributed by atoms with Crippen molar-refractivity contribution < 1.29 is 14.3 Å². The van der Waals surface area contributed by atoms with Crippen molar-refractivity contribution in [1.82, 2.24) is 4.98 Å². The molecule has 0 aromatic carbocycles. The van der Waals surface area contributed by atoms with Gasteiger partial charge in [0.2, 0.25) is 5.91 Å². The number of carbonyl (C=O) groups excluding carboxylic acids is 2. The van der Waals surface area contributed by atoms with Crippen LogP contribution in [0.2, 0.25) is 0 Å². The molecular formula is C12H19N3O3S. The number of methoxy groups -OCH3 is 1. The van der Waals surface area contributed by atoms with Gasteiger partial charge in [0.05, 0.1) is 18.8 Å². The van der Waals surface area contributed by atoms with Crippen LogP contribution >= 0.6 is 11.3 Å². The number of esters is 1. The molecule has 0 aliphatic carbocycles. The molecule has 1 rings (SSSR count). The van der Waals surface area contributed by atoms with Crippen LogP contribution in [0, 0.1) is 0 Å². The maximum absolute atomic E-state index is 11.7. The van der Waals surface area contributed by atoms with E-state index in [9.17, 15) is 9.59 Å². The summed E-state index contributed by atoms with van der Waals surface area (Å²) in [4.78, 5) is 28.0. The summed E-state index contributed by atoms with van der Waals surface area (Å²) in [5.41, 5.74) is 5.75. The van der Waals surface area contributed by atoms with E-state index in [-0.39, 0.29) is 11.3 Å². The highest BCUT2D eigenvalue weighted by molar-refractivity contribution is 7.17. The van der Waals surface area contributed by atoms with Crippen molar-refractivity contribution in [3.63, 3.8) is 0 Å². The minimum Gasteiger partial charge on any atom is -0.465 e. The molecule has 0 aliphatic heterocycles. The number of thiazole rings is 1. The van der Waals surface area contributed by atoms with Crippen molar-refractivity contribution in [2.75, 3.05) is 12.4 Å². The van der Waals surface area contributed by atoms with E-state index < -0.39 is 12.0 Å². The summed E-state index contributed by atoms with van der Waals surface area (Å²) in [5, 5.41) is 2.94. The third kappa shape index (κ3) is 3.74. The van der Waals surface area contributed by atoms with Crippen LogP contribution in [0.4, 0.5) is 5.13 Å². The molecule has 19 heavy (non-hydrogen) atoms. The average molecular weight is 285 g/mol. The third-order valence-corrected chi connectivity index (χ3v) is 3.30. The van der Waals surface area contributed by atoms with E-state index in [4.69, 9.17) is 10.5 Å². The first-order valence-corrected chi connectivity index (χ1v) is 6.64. The van der Waals surface area contributed by atoms with E-state index in [1.54, 1.807) is 6.92 Å². The highest BCUT2D eigenvalue weighted by Gasteiger charge is 2.28. The largest absolute Gasteiger partial charge is 0.465 e. The van der Waals surface area contributed by atoms with Crippen LogP contribution in [-0.4, -0.2) is 30.0 Å². The summed E-state index contributed by atoms with van der Waals surface area (Å²) in [7, 11) is 1.31. The van der Waals surface area contributed by atoms with Crippen molar-refractivity contribution >= 4 is 28.3 Å². The minimum absolute atomic E-state index is 0.322. The molecule has 0 aliphatic rings. The van der Waals surface area contributed by atoms with Crippen LogP contribution in [0.1, 0.15) is 43.1 Å². The zero-order valence-corrected chi connectivity index (χ0v) is 12.6. The summed E-state index contributed by atoms with van der Waals surface area (Å²) in [6.07, 6.45) is 0. The number of carbonyl (C=O) groups is 2. The Balaban J connectivity index is 3.14. The Morgan fingerprint density at radius 3 is 2.42 bits per heavy atom. The van der Waals surface area contributed by atoms with Crippen LogP contribution in [0.5, 0.6) is 0 Å². The summed E-state index contributed by atoms with van der Waals surface area (Å²) in [6, 6.07) is -0.636. The zero-order valence-electron chi connectivity index (χ0n) is 11.7. The van der Waals surface area contributed by atoms with E-state index in [1.165, 1.54) is 7.11 Å². The lowest BCUT2D eigenvalue weighted by atomic mass is 9.91. The van der Waals surface area contributed by atoms with Crippen molar-refractivity contribution in [1.29, 1.82) is 0 Å². The van der Waals surface area contributed by atoms with Crippen molar-refractivity contribution in [2.45, 2.75) is 39.2 Å². The molecule has 1 aromatic rings. The second kappa shape index (κ2) is 5.66. The molecule has 0 unspecified atom stereocenters. The number of aromatic nitrogens is 1. The van der Waals surface area contributed by atoms with Crippen LogP contribution in [0.3, 0.4) is 0 Å². The van der Waals surface area contributed by atoms with Gasteiger partial charge >= 0.3 is 5.97 Å². The van der Waals surface area contributed by atoms with Gasteiger partial charge in [0.1, 0.15) is 4.88 Å².